The number of hydrogen-bond acceptors (Lipinski definition) is 3. The summed E-state index contributed by atoms with van der Waals surface area (Å²) in [6.45, 7) is 4.48. The number of aromatic hydroxyl groups is 1. The van der Waals surface area contributed by atoms with Crippen molar-refractivity contribution in [2.45, 2.75) is 18.9 Å². The Morgan fingerprint density at radius 2 is 1.63 bits per heavy atom. The first-order valence-electron chi connectivity index (χ1n) is 6.58. The van der Waals surface area contributed by atoms with Gasteiger partial charge in [0.2, 0.25) is 0 Å². The third-order valence-corrected chi connectivity index (χ3v) is 3.85. The van der Waals surface area contributed by atoms with Crippen molar-refractivity contribution in [3.05, 3.63) is 29.8 Å². The van der Waals surface area contributed by atoms with Gasteiger partial charge in [0, 0.05) is 32.2 Å². The van der Waals surface area contributed by atoms with Crippen LogP contribution in [0.15, 0.2) is 24.3 Å². The lowest BCUT2D eigenvalue weighted by molar-refractivity contribution is 0.156. The van der Waals surface area contributed by atoms with Crippen molar-refractivity contribution in [3.8, 4) is 5.75 Å². The second kappa shape index (κ2) is 7.34. The molecule has 1 aromatic rings. The fraction of sp³-hybridized carbons (Fsp3) is 0.571. The average molecular weight is 305 g/mol. The van der Waals surface area contributed by atoms with Crippen molar-refractivity contribution in [2.75, 3.05) is 26.2 Å². The molecule has 5 heteroatoms. The highest BCUT2D eigenvalue weighted by atomic mass is 35.5. The van der Waals surface area contributed by atoms with E-state index in [1.54, 1.807) is 0 Å². The summed E-state index contributed by atoms with van der Waals surface area (Å²) in [7, 11) is 0. The molecule has 0 spiro atoms. The van der Waals surface area contributed by atoms with Gasteiger partial charge in [0.1, 0.15) is 5.75 Å². The average Bonchev–Trinajstić information content (AvgIpc) is 3.18. The lowest BCUT2D eigenvalue weighted by Gasteiger charge is -2.35. The van der Waals surface area contributed by atoms with Crippen LogP contribution >= 0.6 is 24.8 Å². The van der Waals surface area contributed by atoms with E-state index in [0.29, 0.717) is 11.8 Å². The summed E-state index contributed by atoms with van der Waals surface area (Å²) in [6, 6.07) is 8.36. The van der Waals surface area contributed by atoms with E-state index in [1.165, 1.54) is 18.4 Å². The molecule has 1 aliphatic carbocycles. The molecule has 3 nitrogen and oxygen atoms in total. The van der Waals surface area contributed by atoms with Gasteiger partial charge in [-0.2, -0.15) is 0 Å². The fourth-order valence-corrected chi connectivity index (χ4v) is 2.82. The second-order valence-corrected chi connectivity index (χ2v) is 5.16. The normalized spacial score (nSPS) is 21.1. The number of hydrogen-bond donors (Lipinski definition) is 2. The van der Waals surface area contributed by atoms with Crippen molar-refractivity contribution in [2.24, 2.45) is 5.92 Å². The molecular weight excluding hydrogens is 283 g/mol. The summed E-state index contributed by atoms with van der Waals surface area (Å²) in [5.41, 5.74) is 1.37. The van der Waals surface area contributed by atoms with Gasteiger partial charge in [0.05, 0.1) is 0 Å². The summed E-state index contributed by atoms with van der Waals surface area (Å²) < 4.78 is 0. The first-order valence-corrected chi connectivity index (χ1v) is 6.58. The van der Waals surface area contributed by atoms with E-state index in [0.717, 1.165) is 32.1 Å². The Kier molecular flexibility index (Phi) is 6.40. The van der Waals surface area contributed by atoms with Gasteiger partial charge < -0.3 is 10.4 Å². The molecule has 2 N–H and O–H groups in total. The maximum Gasteiger partial charge on any atom is 0.115 e. The van der Waals surface area contributed by atoms with Gasteiger partial charge in [0.15, 0.2) is 0 Å². The zero-order chi connectivity index (χ0) is 11.7. The number of phenolic OH excluding ortho intramolecular Hbond substituents is 1. The number of phenols is 1. The maximum atomic E-state index is 9.38. The van der Waals surface area contributed by atoms with Crippen LogP contribution in [-0.4, -0.2) is 36.2 Å². The topological polar surface area (TPSA) is 35.5 Å². The second-order valence-electron chi connectivity index (χ2n) is 5.16. The van der Waals surface area contributed by atoms with Crippen LogP contribution in [-0.2, 0) is 0 Å². The number of nitrogens with one attached hydrogen (secondary N) is 1. The van der Waals surface area contributed by atoms with Crippen LogP contribution in [0.1, 0.15) is 24.4 Å². The van der Waals surface area contributed by atoms with Crippen molar-refractivity contribution in [3.63, 3.8) is 0 Å². The molecule has 0 unspecified atom stereocenters. The van der Waals surface area contributed by atoms with Gasteiger partial charge in [-0.05, 0) is 36.5 Å². The number of piperazine rings is 1. The number of benzene rings is 1. The standard InChI is InChI=1S/C14H20N2O.2ClH/c17-13-5-3-12(4-6-13)14(11-1-2-11)16-9-7-15-8-10-16;;/h3-6,11,14-15,17H,1-2,7-10H2;2*1H/t14-;;/m0../s1. The quantitative estimate of drug-likeness (QED) is 0.901. The maximum absolute atomic E-state index is 9.38. The minimum atomic E-state index is 0. The highest BCUT2D eigenvalue weighted by Gasteiger charge is 2.36. The lowest BCUT2D eigenvalue weighted by Crippen LogP contribution is -2.45. The van der Waals surface area contributed by atoms with Gasteiger partial charge in [0.25, 0.3) is 0 Å². The molecule has 1 saturated heterocycles. The molecule has 0 radical (unpaired) electrons. The van der Waals surface area contributed by atoms with Gasteiger partial charge in [-0.1, -0.05) is 12.1 Å². The SMILES string of the molecule is Cl.Cl.Oc1ccc([C@H](C2CC2)N2CCNCC2)cc1. The molecule has 19 heavy (non-hydrogen) atoms. The highest BCUT2D eigenvalue weighted by Crippen LogP contribution is 2.44. The summed E-state index contributed by atoms with van der Waals surface area (Å²) in [4.78, 5) is 2.60. The smallest absolute Gasteiger partial charge is 0.115 e. The fourth-order valence-electron chi connectivity index (χ4n) is 2.82. The van der Waals surface area contributed by atoms with E-state index in [4.69, 9.17) is 0 Å². The number of rotatable bonds is 3. The summed E-state index contributed by atoms with van der Waals surface area (Å²) in [5.74, 6) is 1.20. The molecule has 0 bridgehead atoms. The minimum absolute atomic E-state index is 0. The predicted molar refractivity (Wildman–Crippen MR) is 82.5 cm³/mol. The van der Waals surface area contributed by atoms with Crippen LogP contribution in [0.3, 0.4) is 0 Å². The summed E-state index contributed by atoms with van der Waals surface area (Å²) in [6.07, 6.45) is 2.71. The zero-order valence-electron chi connectivity index (χ0n) is 10.9. The molecule has 108 valence electrons. The molecule has 3 rings (SSSR count). The van der Waals surface area contributed by atoms with E-state index < -0.39 is 0 Å². The van der Waals surface area contributed by atoms with E-state index in [-0.39, 0.29) is 24.8 Å². The summed E-state index contributed by atoms with van der Waals surface area (Å²) >= 11 is 0. The van der Waals surface area contributed by atoms with Gasteiger partial charge >= 0.3 is 0 Å². The molecule has 1 aliphatic heterocycles. The molecule has 0 aromatic heterocycles. The number of halogens is 2. The van der Waals surface area contributed by atoms with Crippen LogP contribution in [0, 0.1) is 5.92 Å². The van der Waals surface area contributed by atoms with E-state index >= 15 is 0 Å². The first-order chi connectivity index (χ1) is 8.34. The third-order valence-electron chi connectivity index (χ3n) is 3.85. The van der Waals surface area contributed by atoms with Gasteiger partial charge in [-0.3, -0.25) is 4.90 Å². The number of nitrogens with zero attached hydrogens (tertiary/aromatic N) is 1. The molecule has 2 aliphatic rings. The van der Waals surface area contributed by atoms with Crippen LogP contribution in [0.4, 0.5) is 0 Å². The Morgan fingerprint density at radius 3 is 2.16 bits per heavy atom. The molecule has 1 saturated carbocycles. The van der Waals surface area contributed by atoms with Crippen LogP contribution < -0.4 is 5.32 Å². The monoisotopic (exact) mass is 304 g/mol. The molecule has 1 heterocycles. The van der Waals surface area contributed by atoms with Crippen molar-refractivity contribution in [1.82, 2.24) is 10.2 Å². The van der Waals surface area contributed by atoms with Crippen LogP contribution in [0.5, 0.6) is 5.75 Å². The van der Waals surface area contributed by atoms with Crippen molar-refractivity contribution >= 4 is 24.8 Å². The van der Waals surface area contributed by atoms with Crippen LogP contribution in [0.2, 0.25) is 0 Å². The van der Waals surface area contributed by atoms with Crippen molar-refractivity contribution < 1.29 is 5.11 Å². The summed E-state index contributed by atoms with van der Waals surface area (Å²) in [5, 5.41) is 12.8. The lowest BCUT2D eigenvalue weighted by atomic mass is 10.00. The Hall–Kier alpha value is -0.480. The Bertz CT molecular complexity index is 376. The van der Waals surface area contributed by atoms with Crippen molar-refractivity contribution in [1.29, 1.82) is 0 Å². The third kappa shape index (κ3) is 3.99. The zero-order valence-corrected chi connectivity index (χ0v) is 12.6. The van der Waals surface area contributed by atoms with E-state index in [9.17, 15) is 5.11 Å². The van der Waals surface area contributed by atoms with Gasteiger partial charge in [-0.25, -0.2) is 0 Å². The van der Waals surface area contributed by atoms with Gasteiger partial charge in [-0.15, -0.1) is 24.8 Å². The molecular formula is C14H22Cl2N2O. The molecule has 1 atom stereocenters. The van der Waals surface area contributed by atoms with E-state index in [2.05, 4.69) is 22.3 Å². The molecule has 2 fully saturated rings. The Labute approximate surface area is 127 Å². The predicted octanol–water partition coefficient (Wildman–Crippen LogP) is 2.59. The molecule has 0 amide bonds. The highest BCUT2D eigenvalue weighted by molar-refractivity contribution is 5.85. The Balaban J connectivity index is 0.000000902. The first kappa shape index (κ1) is 16.6. The van der Waals surface area contributed by atoms with Crippen LogP contribution in [0.25, 0.3) is 0 Å². The molecule has 1 aromatic carbocycles. The largest absolute Gasteiger partial charge is 0.508 e. The Morgan fingerprint density at radius 1 is 1.05 bits per heavy atom. The van der Waals surface area contributed by atoms with E-state index in [1.807, 2.05) is 12.1 Å². The minimum Gasteiger partial charge on any atom is -0.508 e.